The van der Waals surface area contributed by atoms with E-state index < -0.39 is 60.9 Å². The molecule has 0 spiro atoms. The molecule has 0 aliphatic carbocycles. The van der Waals surface area contributed by atoms with Gasteiger partial charge in [-0.25, -0.2) is 0 Å². The molecule has 18 nitrogen and oxygen atoms in total. The molecule has 18 heteroatoms. The number of hydrogen-bond acceptors (Lipinski definition) is 18. The van der Waals surface area contributed by atoms with Crippen molar-refractivity contribution in [3.05, 3.63) is 0 Å². The Bertz CT molecular complexity index is 1920. The van der Waals surface area contributed by atoms with Gasteiger partial charge in [0.25, 0.3) is 0 Å². The normalized spacial score (nSPS) is 32.1. The molecule has 7 rings (SSSR count). The largest absolute Gasteiger partial charge is 0.334 e. The van der Waals surface area contributed by atoms with Crippen LogP contribution >= 0.6 is 0 Å². The average Bonchev–Trinajstić information content (AvgIpc) is 3.20. The monoisotopic (exact) mass is 1040 g/mol. The van der Waals surface area contributed by atoms with Crippen LogP contribution < -0.4 is 14.7 Å². The first-order chi connectivity index (χ1) is 33.2. The Morgan fingerprint density at radius 1 is 0.297 bits per heavy atom. The molecule has 426 valence electrons. The molecule has 7 heterocycles. The number of rotatable bonds is 9. The quantitative estimate of drug-likeness (QED) is 0.137. The first-order valence-electron chi connectivity index (χ1n) is 28.3. The van der Waals surface area contributed by atoms with E-state index in [1.807, 2.05) is 0 Å². The van der Waals surface area contributed by atoms with E-state index in [9.17, 15) is 31.2 Å². The molecule has 6 saturated heterocycles. The summed E-state index contributed by atoms with van der Waals surface area (Å²) in [6, 6.07) is -1.01. The molecule has 0 amide bonds. The number of piperidine rings is 6. The van der Waals surface area contributed by atoms with Crippen LogP contribution in [0, 0.1) is 0 Å². The van der Waals surface area contributed by atoms with Crippen molar-refractivity contribution in [3.8, 4) is 0 Å². The Labute approximate surface area is 447 Å². The fourth-order valence-corrected chi connectivity index (χ4v) is 16.7. The SMILES string of the molecule is CC1CC(N(c2nc(N(C3CC(C)(C)N(O)C(C)(C)C3)C3CC(C)(C)N(O)C(C)(C)C3)nc(N(C3CC(C)(C)N(O)C(C)(C)C3)C3CC(C)(C)N(O)C(C)(C)C3)n2)C2CC(C)(C)N(O)C(C)(C)C2)CC(C)(C)N1O. The summed E-state index contributed by atoms with van der Waals surface area (Å²) in [5.41, 5.74) is -6.78. The van der Waals surface area contributed by atoms with Gasteiger partial charge in [-0.15, -0.1) is 0 Å². The van der Waals surface area contributed by atoms with Crippen LogP contribution in [0.25, 0.3) is 0 Å². The van der Waals surface area contributed by atoms with Gasteiger partial charge in [0.15, 0.2) is 0 Å². The highest BCUT2D eigenvalue weighted by atomic mass is 16.5. The highest BCUT2D eigenvalue weighted by Gasteiger charge is 2.57. The summed E-state index contributed by atoms with van der Waals surface area (Å²) in [4.78, 5) is 25.1. The molecule has 6 fully saturated rings. The molecular weight excluding hydrogens is 937 g/mol. The standard InChI is InChI=1S/C56H106N12O6/c1-36-24-37(25-46(2,3)63(36)69)60(38-26-47(4,5)64(70)48(6,7)27-38)43-57-44(61(39-28-49(8,9)65(71)50(10,11)29-39)40-30-51(12,13)66(72)52(14,15)31-40)59-45(58-43)62(41-32-53(16,17)67(73)54(18,19)33-41)42-34-55(20,21)68(74)56(22,23)35-42/h36-42,69-74H,24-35H2,1-23H3. The molecular formula is C56H106N12O6. The van der Waals surface area contributed by atoms with Gasteiger partial charge in [0, 0.05) is 103 Å². The van der Waals surface area contributed by atoms with E-state index in [2.05, 4.69) is 174 Å². The molecule has 6 aliphatic heterocycles. The fourth-order valence-electron chi connectivity index (χ4n) is 16.7. The molecule has 2 unspecified atom stereocenters. The van der Waals surface area contributed by atoms with Gasteiger partial charge < -0.3 is 45.9 Å². The number of anilines is 3. The second-order valence-corrected chi connectivity index (χ2v) is 31.6. The summed E-state index contributed by atoms with van der Waals surface area (Å²) in [6.07, 6.45) is 7.43. The third-order valence-electron chi connectivity index (χ3n) is 19.1. The Morgan fingerprint density at radius 3 is 0.635 bits per heavy atom. The summed E-state index contributed by atoms with van der Waals surface area (Å²) in [5, 5.41) is 80.2. The number of nitrogens with zero attached hydrogens (tertiary/aromatic N) is 12. The maximum absolute atomic E-state index is 11.9. The van der Waals surface area contributed by atoms with E-state index in [4.69, 9.17) is 15.0 Å². The Kier molecular flexibility index (Phi) is 15.1. The fraction of sp³-hybridized carbons (Fsp3) is 0.946. The van der Waals surface area contributed by atoms with Crippen molar-refractivity contribution in [3.63, 3.8) is 0 Å². The molecule has 0 bridgehead atoms. The zero-order valence-corrected chi connectivity index (χ0v) is 50.6. The van der Waals surface area contributed by atoms with Crippen molar-refractivity contribution < 1.29 is 31.2 Å². The van der Waals surface area contributed by atoms with Crippen LogP contribution in [0.15, 0.2) is 0 Å². The lowest BCUT2D eigenvalue weighted by Gasteiger charge is -2.59. The molecule has 0 saturated carbocycles. The molecule has 1 aromatic heterocycles. The van der Waals surface area contributed by atoms with Crippen LogP contribution in [0.1, 0.15) is 236 Å². The summed E-state index contributed by atoms with van der Waals surface area (Å²) in [5.74, 6) is 1.65. The van der Waals surface area contributed by atoms with E-state index in [1.54, 1.807) is 0 Å². The minimum absolute atomic E-state index is 0.118. The van der Waals surface area contributed by atoms with Crippen LogP contribution in [0.3, 0.4) is 0 Å². The molecule has 2 atom stereocenters. The van der Waals surface area contributed by atoms with E-state index in [1.165, 1.54) is 30.4 Å². The third-order valence-corrected chi connectivity index (χ3v) is 19.1. The van der Waals surface area contributed by atoms with E-state index in [0.717, 1.165) is 0 Å². The highest BCUT2D eigenvalue weighted by molar-refractivity contribution is 5.52. The third kappa shape index (κ3) is 10.9. The summed E-state index contributed by atoms with van der Waals surface area (Å²) in [7, 11) is 0. The van der Waals surface area contributed by atoms with Crippen molar-refractivity contribution in [2.45, 2.75) is 340 Å². The second kappa shape index (κ2) is 18.8. The van der Waals surface area contributed by atoms with Crippen LogP contribution in [0.2, 0.25) is 0 Å². The van der Waals surface area contributed by atoms with Gasteiger partial charge in [-0.1, -0.05) is 0 Å². The smallest absolute Gasteiger partial charge is 0.232 e. The summed E-state index contributed by atoms with van der Waals surface area (Å²) < 4.78 is 0. The average molecular weight is 1040 g/mol. The van der Waals surface area contributed by atoms with Gasteiger partial charge >= 0.3 is 0 Å². The number of hydroxylamine groups is 12. The van der Waals surface area contributed by atoms with E-state index in [-0.39, 0.29) is 42.3 Å². The first kappa shape index (κ1) is 59.6. The van der Waals surface area contributed by atoms with Gasteiger partial charge in [-0.05, 0) is 236 Å². The van der Waals surface area contributed by atoms with Crippen LogP contribution in [-0.4, -0.2) is 180 Å². The first-order valence-corrected chi connectivity index (χ1v) is 28.3. The van der Waals surface area contributed by atoms with Crippen molar-refractivity contribution in [2.75, 3.05) is 14.7 Å². The Balaban J connectivity index is 1.59. The molecule has 6 N–H and O–H groups in total. The predicted octanol–water partition coefficient (Wildman–Crippen LogP) is 10.4. The lowest BCUT2D eigenvalue weighted by molar-refractivity contribution is -0.251. The number of hydrogen-bond donors (Lipinski definition) is 6. The zero-order valence-electron chi connectivity index (χ0n) is 50.6. The maximum atomic E-state index is 11.9. The second-order valence-electron chi connectivity index (χ2n) is 31.6. The Morgan fingerprint density at radius 2 is 0.459 bits per heavy atom. The lowest BCUT2D eigenvalue weighted by Crippen LogP contribution is -2.68. The summed E-state index contributed by atoms with van der Waals surface area (Å²) in [6.45, 7) is 48.5. The van der Waals surface area contributed by atoms with Gasteiger partial charge in [0.1, 0.15) is 0 Å². The molecule has 1 aromatic rings. The zero-order chi connectivity index (χ0) is 56.1. The minimum atomic E-state index is -0.621. The van der Waals surface area contributed by atoms with Crippen LogP contribution in [-0.2, 0) is 0 Å². The van der Waals surface area contributed by atoms with Crippen molar-refractivity contribution in [1.82, 2.24) is 45.3 Å². The molecule has 0 radical (unpaired) electrons. The number of aromatic nitrogens is 3. The van der Waals surface area contributed by atoms with Gasteiger partial charge in [0.05, 0.1) is 0 Å². The van der Waals surface area contributed by atoms with Crippen LogP contribution in [0.4, 0.5) is 17.8 Å². The van der Waals surface area contributed by atoms with Crippen molar-refractivity contribution in [1.29, 1.82) is 0 Å². The van der Waals surface area contributed by atoms with Gasteiger partial charge in [-0.2, -0.15) is 45.3 Å². The highest BCUT2D eigenvalue weighted by Crippen LogP contribution is 2.50. The Hall–Kier alpha value is -2.07. The maximum Gasteiger partial charge on any atom is 0.232 e. The lowest BCUT2D eigenvalue weighted by atomic mass is 9.74. The van der Waals surface area contributed by atoms with E-state index >= 15 is 0 Å². The molecule has 74 heavy (non-hydrogen) atoms. The topological polar surface area (TPSA) is 189 Å². The predicted molar refractivity (Wildman–Crippen MR) is 291 cm³/mol. The summed E-state index contributed by atoms with van der Waals surface area (Å²) >= 11 is 0. The van der Waals surface area contributed by atoms with Gasteiger partial charge in [0.2, 0.25) is 17.8 Å². The molecule has 0 aromatic carbocycles. The van der Waals surface area contributed by atoms with E-state index in [0.29, 0.717) is 94.9 Å². The van der Waals surface area contributed by atoms with Gasteiger partial charge in [-0.3, -0.25) is 0 Å². The van der Waals surface area contributed by atoms with Crippen LogP contribution in [0.5, 0.6) is 0 Å². The molecule has 6 aliphatic rings. The van der Waals surface area contributed by atoms with Crippen molar-refractivity contribution >= 4 is 17.8 Å². The minimum Gasteiger partial charge on any atom is -0.334 e. The van der Waals surface area contributed by atoms with Crippen molar-refractivity contribution in [2.24, 2.45) is 0 Å².